The summed E-state index contributed by atoms with van der Waals surface area (Å²) in [5.74, 6) is 0.292. The standard InChI is InChI=1S/C7H11NO3S/c1-3-12(9,10)5-7-8-6(2)4-11-7/h4H,3,5H2,1-2H3. The summed E-state index contributed by atoms with van der Waals surface area (Å²) in [4.78, 5) is 3.90. The number of sulfone groups is 1. The molecule has 0 N–H and O–H groups in total. The summed E-state index contributed by atoms with van der Waals surface area (Å²) in [5.41, 5.74) is 0.705. The van der Waals surface area contributed by atoms with E-state index in [0.29, 0.717) is 5.69 Å². The van der Waals surface area contributed by atoms with Crippen LogP contribution in [0.25, 0.3) is 0 Å². The van der Waals surface area contributed by atoms with E-state index in [1.165, 1.54) is 6.26 Å². The van der Waals surface area contributed by atoms with E-state index in [2.05, 4.69) is 4.98 Å². The number of nitrogens with zero attached hydrogens (tertiary/aromatic N) is 1. The molecule has 0 bridgehead atoms. The van der Waals surface area contributed by atoms with Crippen LogP contribution >= 0.6 is 0 Å². The molecule has 1 aromatic rings. The average molecular weight is 189 g/mol. The van der Waals surface area contributed by atoms with Crippen LogP contribution in [0, 0.1) is 6.92 Å². The summed E-state index contributed by atoms with van der Waals surface area (Å²) >= 11 is 0. The number of hydrogen-bond acceptors (Lipinski definition) is 4. The predicted molar refractivity (Wildman–Crippen MR) is 44.4 cm³/mol. The van der Waals surface area contributed by atoms with Gasteiger partial charge in [-0.05, 0) is 6.92 Å². The third kappa shape index (κ3) is 2.34. The topological polar surface area (TPSA) is 60.2 Å². The average Bonchev–Trinajstić information content (AvgIpc) is 2.35. The minimum atomic E-state index is -3.02. The lowest BCUT2D eigenvalue weighted by Crippen LogP contribution is -2.06. The van der Waals surface area contributed by atoms with Crippen LogP contribution in [-0.2, 0) is 15.6 Å². The summed E-state index contributed by atoms with van der Waals surface area (Å²) < 4.78 is 27.1. The van der Waals surface area contributed by atoms with Gasteiger partial charge < -0.3 is 4.42 Å². The van der Waals surface area contributed by atoms with Gasteiger partial charge in [-0.1, -0.05) is 6.92 Å². The van der Waals surface area contributed by atoms with Gasteiger partial charge >= 0.3 is 0 Å². The lowest BCUT2D eigenvalue weighted by atomic mass is 10.6. The van der Waals surface area contributed by atoms with Crippen molar-refractivity contribution in [2.45, 2.75) is 19.6 Å². The van der Waals surface area contributed by atoms with Crippen molar-refractivity contribution in [3.63, 3.8) is 0 Å². The molecule has 0 radical (unpaired) electrons. The highest BCUT2D eigenvalue weighted by Gasteiger charge is 2.12. The third-order valence-electron chi connectivity index (χ3n) is 1.45. The van der Waals surface area contributed by atoms with Gasteiger partial charge in [-0.3, -0.25) is 0 Å². The first kappa shape index (κ1) is 9.25. The number of aromatic nitrogens is 1. The molecule has 0 amide bonds. The monoisotopic (exact) mass is 189 g/mol. The van der Waals surface area contributed by atoms with E-state index < -0.39 is 9.84 Å². The molecule has 4 nitrogen and oxygen atoms in total. The fourth-order valence-corrected chi connectivity index (χ4v) is 1.47. The first-order valence-electron chi connectivity index (χ1n) is 3.65. The van der Waals surface area contributed by atoms with Crippen molar-refractivity contribution in [3.05, 3.63) is 17.8 Å². The fourth-order valence-electron chi connectivity index (χ4n) is 0.759. The molecule has 5 heteroatoms. The Morgan fingerprint density at radius 2 is 2.25 bits per heavy atom. The molecular weight excluding hydrogens is 178 g/mol. The van der Waals surface area contributed by atoms with Crippen LogP contribution < -0.4 is 0 Å². The van der Waals surface area contributed by atoms with Gasteiger partial charge in [-0.2, -0.15) is 0 Å². The molecule has 0 aliphatic rings. The highest BCUT2D eigenvalue weighted by Crippen LogP contribution is 2.05. The van der Waals surface area contributed by atoms with Crippen LogP contribution in [0.15, 0.2) is 10.7 Å². The second-order valence-electron chi connectivity index (χ2n) is 2.56. The first-order valence-corrected chi connectivity index (χ1v) is 5.47. The van der Waals surface area contributed by atoms with Crippen LogP contribution in [0.4, 0.5) is 0 Å². The Morgan fingerprint density at radius 1 is 1.58 bits per heavy atom. The molecule has 0 saturated heterocycles. The summed E-state index contributed by atoms with van der Waals surface area (Å²) in [7, 11) is -3.02. The number of aryl methyl sites for hydroxylation is 1. The highest BCUT2D eigenvalue weighted by molar-refractivity contribution is 7.90. The van der Waals surface area contributed by atoms with Gasteiger partial charge in [0.05, 0.1) is 5.69 Å². The summed E-state index contributed by atoms with van der Waals surface area (Å²) in [6, 6.07) is 0. The van der Waals surface area contributed by atoms with Crippen molar-refractivity contribution in [2.24, 2.45) is 0 Å². The van der Waals surface area contributed by atoms with Crippen molar-refractivity contribution in [1.82, 2.24) is 4.98 Å². The molecule has 1 aromatic heterocycles. The molecule has 12 heavy (non-hydrogen) atoms. The van der Waals surface area contributed by atoms with E-state index in [0.717, 1.165) is 0 Å². The zero-order valence-corrected chi connectivity index (χ0v) is 7.89. The zero-order chi connectivity index (χ0) is 9.19. The fraction of sp³-hybridized carbons (Fsp3) is 0.571. The molecule has 0 saturated carbocycles. The van der Waals surface area contributed by atoms with E-state index in [1.54, 1.807) is 13.8 Å². The number of rotatable bonds is 3. The zero-order valence-electron chi connectivity index (χ0n) is 7.07. The molecule has 0 aliphatic heterocycles. The van der Waals surface area contributed by atoms with Crippen molar-refractivity contribution in [2.75, 3.05) is 5.75 Å². The molecule has 0 fully saturated rings. The molecule has 0 unspecified atom stereocenters. The normalized spacial score (nSPS) is 11.8. The second-order valence-corrected chi connectivity index (χ2v) is 4.91. The van der Waals surface area contributed by atoms with E-state index in [4.69, 9.17) is 4.42 Å². The molecule has 1 rings (SSSR count). The molecule has 0 atom stereocenters. The Hall–Kier alpha value is -0.840. The quantitative estimate of drug-likeness (QED) is 0.709. The molecule has 0 aromatic carbocycles. The van der Waals surface area contributed by atoms with Crippen LogP contribution in [0.3, 0.4) is 0 Å². The number of hydrogen-bond donors (Lipinski definition) is 0. The van der Waals surface area contributed by atoms with E-state index in [-0.39, 0.29) is 17.4 Å². The van der Waals surface area contributed by atoms with Gasteiger partial charge in [0.1, 0.15) is 12.0 Å². The molecule has 68 valence electrons. The summed E-state index contributed by atoms with van der Waals surface area (Å²) in [5, 5.41) is 0. The maximum atomic E-state index is 11.1. The largest absolute Gasteiger partial charge is 0.448 e. The highest BCUT2D eigenvalue weighted by atomic mass is 32.2. The van der Waals surface area contributed by atoms with Gasteiger partial charge in [-0.25, -0.2) is 13.4 Å². The Morgan fingerprint density at radius 3 is 2.67 bits per heavy atom. The minimum absolute atomic E-state index is 0.0999. The van der Waals surface area contributed by atoms with Gasteiger partial charge in [0.25, 0.3) is 0 Å². The Kier molecular flexibility index (Phi) is 2.52. The van der Waals surface area contributed by atoms with Gasteiger partial charge in [0.15, 0.2) is 9.84 Å². The lowest BCUT2D eigenvalue weighted by molar-refractivity contribution is 0.508. The predicted octanol–water partition coefficient (Wildman–Crippen LogP) is 0.918. The Balaban J connectivity index is 2.77. The minimum Gasteiger partial charge on any atom is -0.448 e. The lowest BCUT2D eigenvalue weighted by Gasteiger charge is -1.94. The SMILES string of the molecule is CCS(=O)(=O)Cc1nc(C)co1. The third-order valence-corrected chi connectivity index (χ3v) is 3.02. The van der Waals surface area contributed by atoms with Crippen LogP contribution in [0.5, 0.6) is 0 Å². The van der Waals surface area contributed by atoms with Crippen LogP contribution in [-0.4, -0.2) is 19.2 Å². The van der Waals surface area contributed by atoms with Gasteiger partial charge in [0.2, 0.25) is 5.89 Å². The van der Waals surface area contributed by atoms with Crippen molar-refractivity contribution in [3.8, 4) is 0 Å². The van der Waals surface area contributed by atoms with E-state index in [9.17, 15) is 8.42 Å². The number of oxazole rings is 1. The first-order chi connectivity index (χ1) is 5.53. The smallest absolute Gasteiger partial charge is 0.209 e. The van der Waals surface area contributed by atoms with E-state index >= 15 is 0 Å². The summed E-state index contributed by atoms with van der Waals surface area (Å²) in [6.07, 6.45) is 1.44. The molecule has 0 aliphatic carbocycles. The molecule has 0 spiro atoms. The van der Waals surface area contributed by atoms with Crippen LogP contribution in [0.2, 0.25) is 0 Å². The second kappa shape index (κ2) is 3.26. The van der Waals surface area contributed by atoms with E-state index in [1.807, 2.05) is 0 Å². The maximum absolute atomic E-state index is 11.1. The van der Waals surface area contributed by atoms with Crippen molar-refractivity contribution < 1.29 is 12.8 Å². The Labute approximate surface area is 71.5 Å². The summed E-state index contributed by atoms with van der Waals surface area (Å²) in [6.45, 7) is 3.36. The molecule has 1 heterocycles. The molecular formula is C7H11NO3S. The van der Waals surface area contributed by atoms with Gasteiger partial charge in [0, 0.05) is 5.75 Å². The van der Waals surface area contributed by atoms with Gasteiger partial charge in [-0.15, -0.1) is 0 Å². The van der Waals surface area contributed by atoms with Crippen LogP contribution in [0.1, 0.15) is 18.5 Å². The van der Waals surface area contributed by atoms with Crippen molar-refractivity contribution in [1.29, 1.82) is 0 Å². The van der Waals surface area contributed by atoms with Crippen molar-refractivity contribution >= 4 is 9.84 Å². The Bertz CT molecular complexity index is 352. The maximum Gasteiger partial charge on any atom is 0.209 e.